The van der Waals surface area contributed by atoms with Gasteiger partial charge < -0.3 is 5.73 Å². The maximum atomic E-state index is 11.2. The number of rotatable bonds is 8. The van der Waals surface area contributed by atoms with Crippen molar-refractivity contribution in [1.82, 2.24) is 0 Å². The summed E-state index contributed by atoms with van der Waals surface area (Å²) in [7, 11) is 0. The lowest BCUT2D eigenvalue weighted by molar-refractivity contribution is -0.114. The third-order valence-electron chi connectivity index (χ3n) is 3.26. The van der Waals surface area contributed by atoms with Crippen LogP contribution in [0.25, 0.3) is 6.08 Å². The van der Waals surface area contributed by atoms with Crippen LogP contribution in [0.15, 0.2) is 47.6 Å². The lowest BCUT2D eigenvalue weighted by Crippen LogP contribution is -2.11. The highest BCUT2D eigenvalue weighted by Gasteiger charge is 2.01. The Labute approximate surface area is 122 Å². The Balaban J connectivity index is 2.81. The van der Waals surface area contributed by atoms with E-state index in [2.05, 4.69) is 25.1 Å². The molecule has 0 unspecified atom stereocenters. The Kier molecular flexibility index (Phi) is 7.41. The molecule has 1 amide bonds. The normalized spacial score (nSPS) is 12.5. The first-order chi connectivity index (χ1) is 9.63. The van der Waals surface area contributed by atoms with Gasteiger partial charge in [0.25, 0.3) is 0 Å². The van der Waals surface area contributed by atoms with Crippen molar-refractivity contribution >= 4 is 12.0 Å². The predicted octanol–water partition coefficient (Wildman–Crippen LogP) is 4.47. The molecule has 1 aromatic rings. The van der Waals surface area contributed by atoms with E-state index >= 15 is 0 Å². The molecule has 0 aliphatic heterocycles. The number of nitrogens with two attached hydrogens (primary N) is 1. The van der Waals surface area contributed by atoms with Crippen LogP contribution in [-0.2, 0) is 4.79 Å². The van der Waals surface area contributed by atoms with Gasteiger partial charge in [-0.05, 0) is 30.9 Å². The molecule has 0 heterocycles. The Morgan fingerprint density at radius 2 is 1.85 bits per heavy atom. The van der Waals surface area contributed by atoms with Crippen molar-refractivity contribution in [2.24, 2.45) is 5.73 Å². The second-order valence-corrected chi connectivity index (χ2v) is 5.13. The molecule has 0 saturated heterocycles. The van der Waals surface area contributed by atoms with Crippen molar-refractivity contribution in [1.29, 1.82) is 0 Å². The third-order valence-corrected chi connectivity index (χ3v) is 3.26. The second kappa shape index (κ2) is 9.13. The molecule has 2 N–H and O–H groups in total. The average Bonchev–Trinajstić information content (AvgIpc) is 2.44. The molecule has 0 saturated carbocycles. The zero-order valence-corrected chi connectivity index (χ0v) is 12.6. The summed E-state index contributed by atoms with van der Waals surface area (Å²) in [5.74, 6) is -0.350. The topological polar surface area (TPSA) is 43.1 Å². The van der Waals surface area contributed by atoms with Gasteiger partial charge in [0.1, 0.15) is 0 Å². The fourth-order valence-electron chi connectivity index (χ4n) is 2.05. The van der Waals surface area contributed by atoms with E-state index in [0.29, 0.717) is 5.57 Å². The standard InChI is InChI=1S/C18H25NO/c1-3-4-5-7-12-17(13-15(2)18(19)20)14-16-10-8-6-9-11-16/h6,8-11,13-14H,3-5,7,12H2,1-2H3,(H2,19,20)/b15-13-,17-14+. The maximum absolute atomic E-state index is 11.2. The summed E-state index contributed by atoms with van der Waals surface area (Å²) in [6, 6.07) is 10.2. The van der Waals surface area contributed by atoms with E-state index < -0.39 is 0 Å². The van der Waals surface area contributed by atoms with Gasteiger partial charge in [-0.3, -0.25) is 4.79 Å². The molecule has 0 aromatic heterocycles. The molecular formula is C18H25NO. The zero-order chi connectivity index (χ0) is 14.8. The van der Waals surface area contributed by atoms with Gasteiger partial charge in [-0.2, -0.15) is 0 Å². The summed E-state index contributed by atoms with van der Waals surface area (Å²) in [5.41, 5.74) is 8.26. The molecule has 20 heavy (non-hydrogen) atoms. The highest BCUT2D eigenvalue weighted by Crippen LogP contribution is 2.17. The molecule has 0 fully saturated rings. The van der Waals surface area contributed by atoms with Crippen LogP contribution >= 0.6 is 0 Å². The minimum Gasteiger partial charge on any atom is -0.366 e. The van der Waals surface area contributed by atoms with E-state index in [4.69, 9.17) is 5.73 Å². The summed E-state index contributed by atoms with van der Waals surface area (Å²) >= 11 is 0. The molecule has 2 nitrogen and oxygen atoms in total. The van der Waals surface area contributed by atoms with Gasteiger partial charge in [-0.15, -0.1) is 0 Å². The Hall–Kier alpha value is -1.83. The van der Waals surface area contributed by atoms with Crippen LogP contribution in [0.3, 0.4) is 0 Å². The molecule has 1 rings (SSSR count). The highest BCUT2D eigenvalue weighted by molar-refractivity contribution is 5.92. The maximum Gasteiger partial charge on any atom is 0.244 e. The molecule has 0 bridgehead atoms. The monoisotopic (exact) mass is 271 g/mol. The van der Waals surface area contributed by atoms with Gasteiger partial charge in [0.05, 0.1) is 0 Å². The van der Waals surface area contributed by atoms with Crippen molar-refractivity contribution in [2.45, 2.75) is 46.0 Å². The first-order valence-corrected chi connectivity index (χ1v) is 7.37. The highest BCUT2D eigenvalue weighted by atomic mass is 16.1. The first-order valence-electron chi connectivity index (χ1n) is 7.37. The van der Waals surface area contributed by atoms with Crippen LogP contribution in [0.5, 0.6) is 0 Å². The van der Waals surface area contributed by atoms with Crippen molar-refractivity contribution in [3.05, 3.63) is 53.1 Å². The number of carbonyl (C=O) groups excluding carboxylic acids is 1. The zero-order valence-electron chi connectivity index (χ0n) is 12.6. The van der Waals surface area contributed by atoms with Gasteiger partial charge in [0, 0.05) is 5.57 Å². The molecule has 108 valence electrons. The van der Waals surface area contributed by atoms with Crippen LogP contribution in [0.1, 0.15) is 51.5 Å². The van der Waals surface area contributed by atoms with E-state index in [-0.39, 0.29) is 5.91 Å². The van der Waals surface area contributed by atoms with Crippen molar-refractivity contribution < 1.29 is 4.79 Å². The number of benzene rings is 1. The number of primary amides is 1. The lowest BCUT2D eigenvalue weighted by Gasteiger charge is -2.05. The van der Waals surface area contributed by atoms with E-state index in [1.807, 2.05) is 24.3 Å². The van der Waals surface area contributed by atoms with Crippen LogP contribution in [-0.4, -0.2) is 5.91 Å². The Morgan fingerprint density at radius 1 is 1.15 bits per heavy atom. The van der Waals surface area contributed by atoms with Crippen LogP contribution in [0.2, 0.25) is 0 Å². The Morgan fingerprint density at radius 3 is 2.45 bits per heavy atom. The van der Waals surface area contributed by atoms with E-state index in [0.717, 1.165) is 18.4 Å². The van der Waals surface area contributed by atoms with Gasteiger partial charge in [-0.1, -0.05) is 68.7 Å². The number of allylic oxidation sites excluding steroid dienone is 2. The fraction of sp³-hybridized carbons (Fsp3) is 0.389. The van der Waals surface area contributed by atoms with Gasteiger partial charge >= 0.3 is 0 Å². The fourth-order valence-corrected chi connectivity index (χ4v) is 2.05. The van der Waals surface area contributed by atoms with Crippen molar-refractivity contribution in [3.8, 4) is 0 Å². The number of hydrogen-bond acceptors (Lipinski definition) is 1. The largest absolute Gasteiger partial charge is 0.366 e. The summed E-state index contributed by atoms with van der Waals surface area (Å²) in [6.45, 7) is 3.98. The minimum absolute atomic E-state index is 0.350. The van der Waals surface area contributed by atoms with E-state index in [9.17, 15) is 4.79 Å². The Bertz CT molecular complexity index is 471. The summed E-state index contributed by atoms with van der Waals surface area (Å²) in [4.78, 5) is 11.2. The molecular weight excluding hydrogens is 246 g/mol. The van der Waals surface area contributed by atoms with Crippen LogP contribution < -0.4 is 5.73 Å². The predicted molar refractivity (Wildman–Crippen MR) is 86.1 cm³/mol. The van der Waals surface area contributed by atoms with Crippen molar-refractivity contribution in [2.75, 3.05) is 0 Å². The molecule has 0 spiro atoms. The number of amides is 1. The molecule has 0 atom stereocenters. The van der Waals surface area contributed by atoms with Crippen molar-refractivity contribution in [3.63, 3.8) is 0 Å². The third kappa shape index (κ3) is 6.37. The van der Waals surface area contributed by atoms with Gasteiger partial charge in [0.2, 0.25) is 5.91 Å². The molecule has 0 aliphatic carbocycles. The van der Waals surface area contributed by atoms with Gasteiger partial charge in [-0.25, -0.2) is 0 Å². The van der Waals surface area contributed by atoms with E-state index in [1.165, 1.54) is 24.8 Å². The average molecular weight is 271 g/mol. The van der Waals surface area contributed by atoms with Crippen LogP contribution in [0.4, 0.5) is 0 Å². The first kappa shape index (κ1) is 16.2. The van der Waals surface area contributed by atoms with Gasteiger partial charge in [0.15, 0.2) is 0 Å². The summed E-state index contributed by atoms with van der Waals surface area (Å²) < 4.78 is 0. The summed E-state index contributed by atoms with van der Waals surface area (Å²) in [5, 5.41) is 0. The number of hydrogen-bond donors (Lipinski definition) is 1. The quantitative estimate of drug-likeness (QED) is 0.423. The van der Waals surface area contributed by atoms with E-state index in [1.54, 1.807) is 6.92 Å². The molecule has 0 radical (unpaired) electrons. The number of unbranched alkanes of at least 4 members (excludes halogenated alkanes) is 3. The molecule has 0 aliphatic rings. The number of carbonyl (C=O) groups is 1. The molecule has 2 heteroatoms. The smallest absolute Gasteiger partial charge is 0.244 e. The minimum atomic E-state index is -0.350. The lowest BCUT2D eigenvalue weighted by atomic mass is 10.0. The molecule has 1 aromatic carbocycles. The SMILES string of the molecule is CCCCCCC(/C=C(/C)C(N)=O)=C\c1ccccc1. The van der Waals surface area contributed by atoms with Crippen LogP contribution in [0, 0.1) is 0 Å². The second-order valence-electron chi connectivity index (χ2n) is 5.13. The summed E-state index contributed by atoms with van der Waals surface area (Å²) in [6.07, 6.45) is 9.91.